The number of fused-ring (bicyclic) bond motifs is 3. The van der Waals surface area contributed by atoms with Crippen LogP contribution in [0.1, 0.15) is 60.9 Å². The van der Waals surface area contributed by atoms with Gasteiger partial charge in [-0.15, -0.1) is 0 Å². The number of carboxylic acids is 1. The molecule has 2 aliphatic carbocycles. The first kappa shape index (κ1) is 24.4. The van der Waals surface area contributed by atoms with Crippen molar-refractivity contribution in [1.82, 2.24) is 15.1 Å². The minimum absolute atomic E-state index is 0.0694. The van der Waals surface area contributed by atoms with E-state index in [1.807, 2.05) is 48.7 Å². The summed E-state index contributed by atoms with van der Waals surface area (Å²) in [7, 11) is 0. The van der Waals surface area contributed by atoms with Gasteiger partial charge in [0.2, 0.25) is 0 Å². The average Bonchev–Trinajstić information content (AvgIpc) is 3.50. The fourth-order valence-corrected chi connectivity index (χ4v) is 6.18. The van der Waals surface area contributed by atoms with Crippen LogP contribution >= 0.6 is 11.8 Å². The third-order valence-corrected chi connectivity index (χ3v) is 8.15. The molecule has 1 atom stereocenters. The summed E-state index contributed by atoms with van der Waals surface area (Å²) in [6.45, 7) is 0.151. The average molecular weight is 506 g/mol. The molecule has 1 heterocycles. The maximum absolute atomic E-state index is 12.5. The van der Waals surface area contributed by atoms with Gasteiger partial charge in [-0.2, -0.15) is 16.9 Å². The Morgan fingerprint density at radius 1 is 1.03 bits per heavy atom. The van der Waals surface area contributed by atoms with Crippen LogP contribution in [0.4, 0.5) is 4.79 Å². The van der Waals surface area contributed by atoms with E-state index in [2.05, 4.69) is 27.2 Å². The summed E-state index contributed by atoms with van der Waals surface area (Å²) in [6.07, 6.45) is 7.43. The number of nitrogens with zero attached hydrogens (tertiary/aromatic N) is 2. The van der Waals surface area contributed by atoms with Crippen LogP contribution in [0.5, 0.6) is 0 Å². The highest BCUT2D eigenvalue weighted by atomic mass is 32.2. The van der Waals surface area contributed by atoms with Crippen LogP contribution in [0.25, 0.3) is 11.1 Å². The Labute approximate surface area is 215 Å². The zero-order valence-corrected chi connectivity index (χ0v) is 21.0. The molecule has 1 amide bonds. The molecule has 36 heavy (non-hydrogen) atoms. The van der Waals surface area contributed by atoms with Gasteiger partial charge in [-0.05, 0) is 41.2 Å². The van der Waals surface area contributed by atoms with E-state index in [-0.39, 0.29) is 18.3 Å². The monoisotopic (exact) mass is 505 g/mol. The molecule has 0 bridgehead atoms. The molecule has 2 aromatic carbocycles. The standard InChI is InChI=1S/C28H31N3O4S/c32-27(33)26(18-36-17-19-14-15-31(30-19)20-8-2-1-3-9-20)29-28(34)35-16-25-23-12-6-4-10-21(23)22-11-5-7-13-24(22)25/h4-7,10-15,20,25-26H,1-3,8-9,16-18H2,(H,29,34)(H,32,33). The summed E-state index contributed by atoms with van der Waals surface area (Å²) in [6, 6.07) is 17.6. The highest BCUT2D eigenvalue weighted by molar-refractivity contribution is 7.98. The summed E-state index contributed by atoms with van der Waals surface area (Å²) in [5.41, 5.74) is 5.45. The number of nitrogens with one attached hydrogen (secondary N) is 1. The zero-order chi connectivity index (χ0) is 24.9. The number of aliphatic carboxylic acids is 1. The van der Waals surface area contributed by atoms with E-state index in [0.29, 0.717) is 11.8 Å². The van der Waals surface area contributed by atoms with Crippen molar-refractivity contribution in [2.75, 3.05) is 12.4 Å². The third kappa shape index (κ3) is 5.43. The van der Waals surface area contributed by atoms with Crippen molar-refractivity contribution in [1.29, 1.82) is 0 Å². The summed E-state index contributed by atoms with van der Waals surface area (Å²) in [4.78, 5) is 24.3. The van der Waals surface area contributed by atoms with Gasteiger partial charge in [0.15, 0.2) is 0 Å². The summed E-state index contributed by atoms with van der Waals surface area (Å²) in [5, 5.41) is 16.8. The second kappa shape index (κ2) is 11.2. The van der Waals surface area contributed by atoms with Crippen LogP contribution in [0, 0.1) is 0 Å². The van der Waals surface area contributed by atoms with E-state index in [1.165, 1.54) is 43.9 Å². The molecule has 3 aromatic rings. The maximum atomic E-state index is 12.5. The molecule has 8 heteroatoms. The molecule has 5 rings (SSSR count). The molecule has 1 fully saturated rings. The fraction of sp³-hybridized carbons (Fsp3) is 0.393. The molecule has 1 saturated carbocycles. The maximum Gasteiger partial charge on any atom is 0.407 e. The molecule has 1 aromatic heterocycles. The van der Waals surface area contributed by atoms with Gasteiger partial charge in [-0.1, -0.05) is 67.8 Å². The number of hydrogen-bond donors (Lipinski definition) is 2. The zero-order valence-electron chi connectivity index (χ0n) is 20.1. The molecule has 2 aliphatic rings. The van der Waals surface area contributed by atoms with Crippen LogP contribution in [0.3, 0.4) is 0 Å². The number of amides is 1. The Morgan fingerprint density at radius 2 is 1.69 bits per heavy atom. The Morgan fingerprint density at radius 3 is 2.36 bits per heavy atom. The van der Waals surface area contributed by atoms with Crippen molar-refractivity contribution in [2.45, 2.75) is 55.9 Å². The van der Waals surface area contributed by atoms with Crippen LogP contribution in [0.2, 0.25) is 0 Å². The number of thioether (sulfide) groups is 1. The molecule has 2 N–H and O–H groups in total. The van der Waals surface area contributed by atoms with Gasteiger partial charge in [-0.3, -0.25) is 4.68 Å². The van der Waals surface area contributed by atoms with E-state index >= 15 is 0 Å². The Balaban J connectivity index is 1.12. The van der Waals surface area contributed by atoms with Crippen LogP contribution in [-0.2, 0) is 15.3 Å². The number of carbonyl (C=O) groups is 2. The summed E-state index contributed by atoms with van der Waals surface area (Å²) in [5.74, 6) is -0.324. The van der Waals surface area contributed by atoms with Gasteiger partial charge in [-0.25, -0.2) is 9.59 Å². The first-order chi connectivity index (χ1) is 17.6. The lowest BCUT2D eigenvalue weighted by molar-refractivity contribution is -0.138. The molecule has 188 valence electrons. The minimum Gasteiger partial charge on any atom is -0.480 e. The molecular formula is C28H31N3O4S. The Bertz CT molecular complexity index is 1180. The first-order valence-corrected chi connectivity index (χ1v) is 13.7. The number of benzene rings is 2. The molecule has 0 saturated heterocycles. The first-order valence-electron chi connectivity index (χ1n) is 12.6. The normalized spacial score (nSPS) is 16.2. The van der Waals surface area contributed by atoms with E-state index in [9.17, 15) is 14.7 Å². The van der Waals surface area contributed by atoms with Gasteiger partial charge in [0.25, 0.3) is 0 Å². The predicted octanol–water partition coefficient (Wildman–Crippen LogP) is 5.61. The summed E-state index contributed by atoms with van der Waals surface area (Å²) < 4.78 is 7.57. The van der Waals surface area contributed by atoms with Gasteiger partial charge >= 0.3 is 12.1 Å². The second-order valence-corrected chi connectivity index (χ2v) is 10.5. The van der Waals surface area contributed by atoms with Crippen molar-refractivity contribution < 1.29 is 19.4 Å². The predicted molar refractivity (Wildman–Crippen MR) is 140 cm³/mol. The largest absolute Gasteiger partial charge is 0.480 e. The number of hydrogen-bond acceptors (Lipinski definition) is 5. The van der Waals surface area contributed by atoms with Gasteiger partial charge in [0, 0.05) is 23.6 Å². The van der Waals surface area contributed by atoms with Crippen molar-refractivity contribution in [2.24, 2.45) is 0 Å². The lowest BCUT2D eigenvalue weighted by Gasteiger charge is -2.21. The van der Waals surface area contributed by atoms with Gasteiger partial charge < -0.3 is 15.2 Å². The van der Waals surface area contributed by atoms with Crippen molar-refractivity contribution in [3.05, 3.63) is 77.6 Å². The van der Waals surface area contributed by atoms with E-state index in [0.717, 1.165) is 27.9 Å². The lowest BCUT2D eigenvalue weighted by Crippen LogP contribution is -2.43. The quantitative estimate of drug-likeness (QED) is 0.392. The fourth-order valence-electron chi connectivity index (χ4n) is 5.24. The smallest absolute Gasteiger partial charge is 0.407 e. The van der Waals surface area contributed by atoms with Gasteiger partial charge in [0.05, 0.1) is 11.7 Å². The number of ether oxygens (including phenoxy) is 1. The summed E-state index contributed by atoms with van der Waals surface area (Å²) >= 11 is 1.44. The number of rotatable bonds is 9. The van der Waals surface area contributed by atoms with Crippen LogP contribution in [0.15, 0.2) is 60.8 Å². The van der Waals surface area contributed by atoms with Crippen molar-refractivity contribution >= 4 is 23.8 Å². The van der Waals surface area contributed by atoms with Crippen LogP contribution in [-0.4, -0.2) is 45.4 Å². The molecule has 0 spiro atoms. The van der Waals surface area contributed by atoms with E-state index in [4.69, 9.17) is 4.74 Å². The second-order valence-electron chi connectivity index (χ2n) is 9.45. The SMILES string of the molecule is O=C(NC(CSCc1ccn(C2CCCCC2)n1)C(=O)O)OCC1c2ccccc2-c2ccccc21. The Kier molecular flexibility index (Phi) is 7.60. The molecule has 0 aliphatic heterocycles. The van der Waals surface area contributed by atoms with Crippen molar-refractivity contribution in [3.63, 3.8) is 0 Å². The highest BCUT2D eigenvalue weighted by Crippen LogP contribution is 2.44. The molecule has 7 nitrogen and oxygen atoms in total. The molecule has 1 unspecified atom stereocenters. The minimum atomic E-state index is -1.08. The highest BCUT2D eigenvalue weighted by Gasteiger charge is 2.29. The number of aromatic nitrogens is 2. The lowest BCUT2D eigenvalue weighted by atomic mass is 9.96. The van der Waals surface area contributed by atoms with Gasteiger partial charge in [0.1, 0.15) is 12.6 Å². The third-order valence-electron chi connectivity index (χ3n) is 7.08. The number of alkyl carbamates (subject to hydrolysis) is 1. The Hall–Kier alpha value is -3.26. The van der Waals surface area contributed by atoms with Crippen molar-refractivity contribution in [3.8, 4) is 11.1 Å². The number of carbonyl (C=O) groups excluding carboxylic acids is 1. The van der Waals surface area contributed by atoms with E-state index in [1.54, 1.807) is 0 Å². The van der Waals surface area contributed by atoms with E-state index < -0.39 is 18.1 Å². The molecule has 0 radical (unpaired) electrons. The topological polar surface area (TPSA) is 93.5 Å². The molecular weight excluding hydrogens is 474 g/mol. The van der Waals surface area contributed by atoms with Crippen LogP contribution < -0.4 is 5.32 Å². The number of carboxylic acid groups (broad SMARTS) is 1.